The van der Waals surface area contributed by atoms with Gasteiger partial charge in [0.15, 0.2) is 5.60 Å². The number of oxime groups is 1. The topological polar surface area (TPSA) is 97.3 Å². The van der Waals surface area contributed by atoms with Gasteiger partial charge in [0, 0.05) is 18.7 Å². The van der Waals surface area contributed by atoms with Gasteiger partial charge in [0.25, 0.3) is 5.91 Å². The second-order valence-corrected chi connectivity index (χ2v) is 9.45. The molecule has 0 aliphatic carbocycles. The smallest absolute Gasteiger partial charge is 0.273 e. The molecule has 1 fully saturated rings. The number of anilines is 1. The van der Waals surface area contributed by atoms with E-state index in [4.69, 9.17) is 9.57 Å². The highest BCUT2D eigenvalue weighted by Gasteiger charge is 2.47. The highest BCUT2D eigenvalue weighted by molar-refractivity contribution is 7.89. The highest BCUT2D eigenvalue weighted by atomic mass is 32.2. The van der Waals surface area contributed by atoms with Crippen molar-refractivity contribution in [1.82, 2.24) is 4.31 Å². The summed E-state index contributed by atoms with van der Waals surface area (Å²) in [6, 6.07) is 12.1. The van der Waals surface area contributed by atoms with Crippen LogP contribution in [0.2, 0.25) is 0 Å². The number of carbonyl (C=O) groups is 1. The zero-order valence-electron chi connectivity index (χ0n) is 16.9. The van der Waals surface area contributed by atoms with Crippen LogP contribution in [0.25, 0.3) is 0 Å². The van der Waals surface area contributed by atoms with Crippen LogP contribution in [0.15, 0.2) is 58.6 Å². The SMILES string of the molecule is COc1ccc(NC(=O)C2=NOC3(CCCN(S(=O)(=O)c4ccccc4F)C3)C2)cc1. The number of hydrogen-bond acceptors (Lipinski definition) is 6. The van der Waals surface area contributed by atoms with Gasteiger partial charge in [-0.15, -0.1) is 0 Å². The standard InChI is InChI=1S/C21H22FN3O5S/c1-29-16-9-7-15(8-10-16)23-20(26)18-13-21(30-24-18)11-4-12-25(14-21)31(27,28)19-6-3-2-5-17(19)22/h2-3,5-10H,4,11-14H2,1H3,(H,23,26). The molecule has 8 nitrogen and oxygen atoms in total. The van der Waals surface area contributed by atoms with E-state index >= 15 is 0 Å². The molecular weight excluding hydrogens is 425 g/mol. The molecule has 1 atom stereocenters. The molecule has 0 saturated carbocycles. The maximum absolute atomic E-state index is 14.1. The minimum atomic E-state index is -4.03. The monoisotopic (exact) mass is 447 g/mol. The number of hydrogen-bond donors (Lipinski definition) is 1. The van der Waals surface area contributed by atoms with Gasteiger partial charge in [-0.05, 0) is 49.2 Å². The minimum absolute atomic E-state index is 0.00746. The average Bonchev–Trinajstić information content (AvgIpc) is 3.17. The normalized spacial score (nSPS) is 21.4. The molecule has 31 heavy (non-hydrogen) atoms. The Morgan fingerprint density at radius 2 is 1.97 bits per heavy atom. The summed E-state index contributed by atoms with van der Waals surface area (Å²) >= 11 is 0. The van der Waals surface area contributed by atoms with Gasteiger partial charge in [-0.2, -0.15) is 4.31 Å². The minimum Gasteiger partial charge on any atom is -0.497 e. The zero-order valence-corrected chi connectivity index (χ0v) is 17.7. The van der Waals surface area contributed by atoms with Crippen molar-refractivity contribution >= 4 is 27.3 Å². The zero-order chi connectivity index (χ0) is 22.1. The molecule has 2 aromatic rings. The number of carbonyl (C=O) groups excluding carboxylic acids is 1. The summed E-state index contributed by atoms with van der Waals surface area (Å²) in [5, 5.41) is 6.68. The molecule has 10 heteroatoms. The first-order chi connectivity index (χ1) is 14.8. The summed E-state index contributed by atoms with van der Waals surface area (Å²) in [7, 11) is -2.48. The predicted molar refractivity (Wildman–Crippen MR) is 112 cm³/mol. The third-order valence-electron chi connectivity index (χ3n) is 5.41. The highest BCUT2D eigenvalue weighted by Crippen LogP contribution is 2.36. The van der Waals surface area contributed by atoms with Crippen molar-refractivity contribution in [2.45, 2.75) is 29.8 Å². The van der Waals surface area contributed by atoms with Gasteiger partial charge < -0.3 is 14.9 Å². The molecule has 1 saturated heterocycles. The van der Waals surface area contributed by atoms with Gasteiger partial charge in [-0.3, -0.25) is 4.79 Å². The van der Waals surface area contributed by atoms with Crippen molar-refractivity contribution in [3.05, 3.63) is 54.3 Å². The fraction of sp³-hybridized carbons (Fsp3) is 0.333. The molecule has 164 valence electrons. The van der Waals surface area contributed by atoms with E-state index in [0.29, 0.717) is 24.3 Å². The molecule has 4 rings (SSSR count). The number of methoxy groups -OCH3 is 1. The molecule has 0 radical (unpaired) electrons. The quantitative estimate of drug-likeness (QED) is 0.760. The van der Waals surface area contributed by atoms with Gasteiger partial charge in [0.2, 0.25) is 10.0 Å². The molecule has 1 amide bonds. The van der Waals surface area contributed by atoms with Crippen molar-refractivity contribution in [3.8, 4) is 5.75 Å². The molecule has 1 unspecified atom stereocenters. The first-order valence-electron chi connectivity index (χ1n) is 9.78. The van der Waals surface area contributed by atoms with Crippen LogP contribution in [0.5, 0.6) is 5.75 Å². The summed E-state index contributed by atoms with van der Waals surface area (Å²) in [5.74, 6) is -0.557. The Kier molecular flexibility index (Phi) is 5.67. The number of rotatable bonds is 5. The first kappa shape index (κ1) is 21.3. The summed E-state index contributed by atoms with van der Waals surface area (Å²) in [5.41, 5.74) is -0.189. The lowest BCUT2D eigenvalue weighted by Crippen LogP contribution is -2.50. The van der Waals surface area contributed by atoms with Crippen molar-refractivity contribution in [3.63, 3.8) is 0 Å². The average molecular weight is 447 g/mol. The molecule has 2 aliphatic rings. The number of ether oxygens (including phenoxy) is 1. The Hall–Kier alpha value is -2.98. The van der Waals surface area contributed by atoms with Crippen molar-refractivity contribution < 1.29 is 27.2 Å². The van der Waals surface area contributed by atoms with Crippen LogP contribution in [0.4, 0.5) is 10.1 Å². The van der Waals surface area contributed by atoms with Crippen LogP contribution in [0.3, 0.4) is 0 Å². The second kappa shape index (κ2) is 8.27. The molecule has 1 N–H and O–H groups in total. The summed E-state index contributed by atoms with van der Waals surface area (Å²) < 4.78 is 46.3. The third kappa shape index (κ3) is 4.26. The van der Waals surface area contributed by atoms with E-state index in [-0.39, 0.29) is 30.1 Å². The van der Waals surface area contributed by atoms with E-state index in [0.717, 1.165) is 6.07 Å². The maximum Gasteiger partial charge on any atom is 0.273 e. The lowest BCUT2D eigenvalue weighted by Gasteiger charge is -2.37. The summed E-state index contributed by atoms with van der Waals surface area (Å²) in [6.07, 6.45) is 1.22. The van der Waals surface area contributed by atoms with Gasteiger partial charge in [0.05, 0.1) is 13.7 Å². The lowest BCUT2D eigenvalue weighted by molar-refractivity contribution is -0.110. The molecular formula is C21H22FN3O5S. The Morgan fingerprint density at radius 3 is 2.68 bits per heavy atom. The Morgan fingerprint density at radius 1 is 1.23 bits per heavy atom. The van der Waals surface area contributed by atoms with Crippen molar-refractivity contribution in [2.75, 3.05) is 25.5 Å². The van der Waals surface area contributed by atoms with Crippen LogP contribution in [-0.4, -0.2) is 50.1 Å². The van der Waals surface area contributed by atoms with Crippen molar-refractivity contribution in [1.29, 1.82) is 0 Å². The van der Waals surface area contributed by atoms with Crippen LogP contribution in [-0.2, 0) is 19.7 Å². The molecule has 2 aliphatic heterocycles. The van der Waals surface area contributed by atoms with Crippen LogP contribution >= 0.6 is 0 Å². The number of halogens is 1. The fourth-order valence-corrected chi connectivity index (χ4v) is 5.41. The van der Waals surface area contributed by atoms with E-state index in [1.165, 1.54) is 22.5 Å². The second-order valence-electron chi connectivity index (χ2n) is 7.54. The van der Waals surface area contributed by atoms with Gasteiger partial charge >= 0.3 is 0 Å². The summed E-state index contributed by atoms with van der Waals surface area (Å²) in [4.78, 5) is 17.8. The first-order valence-corrected chi connectivity index (χ1v) is 11.2. The van der Waals surface area contributed by atoms with Crippen LogP contribution in [0, 0.1) is 5.82 Å². The lowest BCUT2D eigenvalue weighted by atomic mass is 9.89. The Labute approximate surface area is 179 Å². The van der Waals surface area contributed by atoms with E-state index in [2.05, 4.69) is 10.5 Å². The number of benzene rings is 2. The number of sulfonamides is 1. The van der Waals surface area contributed by atoms with Gasteiger partial charge in [-0.25, -0.2) is 12.8 Å². The third-order valence-corrected chi connectivity index (χ3v) is 7.29. The Balaban J connectivity index is 1.45. The van der Waals surface area contributed by atoms with E-state index in [1.807, 2.05) is 0 Å². The van der Waals surface area contributed by atoms with E-state index in [1.54, 1.807) is 31.4 Å². The van der Waals surface area contributed by atoms with Gasteiger partial charge in [0.1, 0.15) is 22.2 Å². The fourth-order valence-electron chi connectivity index (χ4n) is 3.80. The van der Waals surface area contributed by atoms with Crippen molar-refractivity contribution in [2.24, 2.45) is 5.16 Å². The summed E-state index contributed by atoms with van der Waals surface area (Å²) in [6.45, 7) is 0.238. The number of piperidine rings is 1. The van der Waals surface area contributed by atoms with Crippen LogP contribution in [0.1, 0.15) is 19.3 Å². The Bertz CT molecular complexity index is 1120. The predicted octanol–water partition coefficient (Wildman–Crippen LogP) is 2.77. The molecule has 0 bridgehead atoms. The number of nitrogens with zero attached hydrogens (tertiary/aromatic N) is 2. The molecule has 2 aromatic carbocycles. The number of amides is 1. The van der Waals surface area contributed by atoms with E-state index < -0.39 is 27.3 Å². The molecule has 1 spiro atoms. The van der Waals surface area contributed by atoms with Crippen LogP contribution < -0.4 is 10.1 Å². The molecule has 2 heterocycles. The maximum atomic E-state index is 14.1. The van der Waals surface area contributed by atoms with E-state index in [9.17, 15) is 17.6 Å². The number of nitrogens with one attached hydrogen (secondary N) is 1. The van der Waals surface area contributed by atoms with Gasteiger partial charge in [-0.1, -0.05) is 17.3 Å². The largest absolute Gasteiger partial charge is 0.497 e. The molecule has 0 aromatic heterocycles.